The third kappa shape index (κ3) is 5.99. The van der Waals surface area contributed by atoms with Crippen LogP contribution in [0.2, 0.25) is 23.2 Å². The summed E-state index contributed by atoms with van der Waals surface area (Å²) in [5.41, 5.74) is 5.24. The first-order valence-corrected chi connectivity index (χ1v) is 20.2. The molecule has 2 aromatic carbocycles. The molecule has 0 amide bonds. The van der Waals surface area contributed by atoms with Crippen molar-refractivity contribution in [1.82, 2.24) is 19.5 Å². The summed E-state index contributed by atoms with van der Waals surface area (Å²) in [5.74, 6) is -0.0493. The van der Waals surface area contributed by atoms with Crippen LogP contribution in [-0.4, -0.2) is 66.2 Å². The number of hydrogen-bond acceptors (Lipinski definition) is 8. The third-order valence-electron chi connectivity index (χ3n) is 9.57. The summed E-state index contributed by atoms with van der Waals surface area (Å²) >= 11 is 0. The topological polar surface area (TPSA) is 118 Å². The highest BCUT2D eigenvalue weighted by atomic mass is 28.4. The smallest absolute Gasteiger partial charge is 0.312 e. The van der Waals surface area contributed by atoms with E-state index in [4.69, 9.17) is 19.3 Å². The molecule has 2 aromatic heterocycles. The molecule has 242 valence electrons. The number of nitrogens with two attached hydrogens (primary N) is 1. The molecule has 0 unspecified atom stereocenters. The molecule has 5 rings (SSSR count). The first-order chi connectivity index (χ1) is 21.0. The van der Waals surface area contributed by atoms with Crippen molar-refractivity contribution in [3.05, 3.63) is 73.1 Å². The van der Waals surface area contributed by atoms with Gasteiger partial charge in [0, 0.05) is 6.42 Å². The van der Waals surface area contributed by atoms with E-state index >= 15 is 0 Å². The van der Waals surface area contributed by atoms with E-state index in [0.29, 0.717) is 6.42 Å². The second-order valence-electron chi connectivity index (χ2n) is 14.6. The maximum atomic E-state index is 14.3. The Bertz CT molecular complexity index is 1590. The van der Waals surface area contributed by atoms with Crippen molar-refractivity contribution in [3.63, 3.8) is 0 Å². The molecule has 0 radical (unpaired) electrons. The number of halogens is 1. The predicted octanol–water partition coefficient (Wildman–Crippen LogP) is 5.16. The van der Waals surface area contributed by atoms with E-state index in [9.17, 15) is 9.50 Å². The average Bonchev–Trinajstić information content (AvgIpc) is 3.55. The molecule has 0 bridgehead atoms. The molecule has 3 heterocycles. The Hall–Kier alpha value is -3.01. The van der Waals surface area contributed by atoms with Crippen molar-refractivity contribution in [2.24, 2.45) is 0 Å². The number of rotatable bonds is 9. The molecular weight excluding hydrogens is 606 g/mol. The molecule has 1 aliphatic rings. The normalized spacial score (nSPS) is 21.5. The molecule has 1 aliphatic heterocycles. The Morgan fingerprint density at radius 3 is 2.07 bits per heavy atom. The molecule has 0 aliphatic carbocycles. The monoisotopic (exact) mass is 651 g/mol. The van der Waals surface area contributed by atoms with Gasteiger partial charge in [0.15, 0.2) is 25.3 Å². The molecule has 45 heavy (non-hydrogen) atoms. The van der Waals surface area contributed by atoms with Crippen LogP contribution in [0.5, 0.6) is 0 Å². The molecule has 4 aromatic rings. The minimum absolute atomic E-state index is 0.0493. The lowest BCUT2D eigenvalue weighted by Crippen LogP contribution is -2.68. The van der Waals surface area contributed by atoms with Crippen molar-refractivity contribution >= 4 is 44.0 Å². The van der Waals surface area contributed by atoms with E-state index in [0.717, 1.165) is 10.4 Å². The molecule has 0 spiro atoms. The van der Waals surface area contributed by atoms with Crippen LogP contribution in [0, 0.1) is 6.08 Å². The van der Waals surface area contributed by atoms with Crippen LogP contribution < -0.4 is 16.1 Å². The van der Waals surface area contributed by atoms with Crippen LogP contribution in [0.4, 0.5) is 10.2 Å². The Morgan fingerprint density at radius 2 is 1.56 bits per heavy atom. The second kappa shape index (κ2) is 12.0. The van der Waals surface area contributed by atoms with E-state index in [2.05, 4.69) is 93.9 Å². The number of aliphatic hydroxyl groups is 1. The van der Waals surface area contributed by atoms with Gasteiger partial charge in [-0.25, -0.2) is 4.98 Å². The van der Waals surface area contributed by atoms with Crippen molar-refractivity contribution < 1.29 is 23.1 Å². The number of nitrogens with zero attached hydrogens (tertiary/aromatic N) is 4. The molecular formula is C33H46FN5O4Si2. The first kappa shape index (κ1) is 33.4. The molecule has 0 saturated carbocycles. The van der Waals surface area contributed by atoms with Gasteiger partial charge in [-0.05, 0) is 33.5 Å². The van der Waals surface area contributed by atoms with Gasteiger partial charge in [0.1, 0.15) is 11.8 Å². The summed E-state index contributed by atoms with van der Waals surface area (Å²) in [4.78, 5) is 12.0. The van der Waals surface area contributed by atoms with E-state index in [1.54, 1.807) is 4.57 Å². The van der Waals surface area contributed by atoms with Crippen molar-refractivity contribution in [2.75, 3.05) is 18.9 Å². The van der Waals surface area contributed by atoms with E-state index in [1.807, 2.05) is 36.4 Å². The average molecular weight is 652 g/mol. The van der Waals surface area contributed by atoms with Gasteiger partial charge in [0.2, 0.25) is 0 Å². The number of ether oxygens (including phenoxy) is 1. The van der Waals surface area contributed by atoms with Gasteiger partial charge in [0.25, 0.3) is 8.32 Å². The van der Waals surface area contributed by atoms with Gasteiger partial charge < -0.3 is 24.4 Å². The van der Waals surface area contributed by atoms with Crippen LogP contribution in [0.3, 0.4) is 0 Å². The molecule has 3 atom stereocenters. The molecule has 3 N–H and O–H groups in total. The van der Waals surface area contributed by atoms with Crippen LogP contribution >= 0.6 is 0 Å². The minimum Gasteiger partial charge on any atom is -0.411 e. The zero-order valence-corrected chi connectivity index (χ0v) is 29.5. The highest BCUT2D eigenvalue weighted by molar-refractivity contribution is 6.99. The summed E-state index contributed by atoms with van der Waals surface area (Å²) in [6.45, 7) is 17.3. The largest absolute Gasteiger partial charge is 0.411 e. The van der Waals surface area contributed by atoms with E-state index < -0.39 is 40.6 Å². The Morgan fingerprint density at radius 1 is 0.978 bits per heavy atom. The predicted molar refractivity (Wildman–Crippen MR) is 180 cm³/mol. The number of anilines is 1. The van der Waals surface area contributed by atoms with Gasteiger partial charge in [-0.15, -0.1) is 0 Å². The van der Waals surface area contributed by atoms with E-state index in [1.165, 1.54) is 6.33 Å². The number of aliphatic hydroxyl groups excluding tert-OH is 1. The highest BCUT2D eigenvalue weighted by Crippen LogP contribution is 2.46. The number of nitrogen functional groups attached to an aromatic ring is 1. The van der Waals surface area contributed by atoms with Crippen molar-refractivity contribution in [1.29, 1.82) is 0 Å². The number of imidazole rings is 1. The standard InChI is InChI=1S/C33H46FN5O4Si2/c1-31(2,3)44(7,8)43-25-19-26(39-22-36-27-28(35)37-30(34)38-29(27)39)42-33(25,20-40)21-41-45(32(4,5)6,23-15-11-9-12-16-23)24-17-13-10-14-18-24/h9-18,22,25-26,40H,19-21H2,1-8H3,(H2,35,37,38)/t25-,26+,33+/m0/s1. The summed E-state index contributed by atoms with van der Waals surface area (Å²) in [5, 5.41) is 13.1. The van der Waals surface area contributed by atoms with Crippen LogP contribution in [0.1, 0.15) is 54.2 Å². The van der Waals surface area contributed by atoms with Crippen molar-refractivity contribution in [3.8, 4) is 0 Å². The lowest BCUT2D eigenvalue weighted by molar-refractivity contribution is -0.143. The van der Waals surface area contributed by atoms with Gasteiger partial charge in [0.05, 0.1) is 25.6 Å². The Labute approximate surface area is 267 Å². The second-order valence-corrected chi connectivity index (χ2v) is 23.6. The lowest BCUT2D eigenvalue weighted by atomic mass is 9.99. The fourth-order valence-corrected chi connectivity index (χ4v) is 12.1. The fraction of sp³-hybridized carbons (Fsp3) is 0.485. The summed E-state index contributed by atoms with van der Waals surface area (Å²) < 4.78 is 37.2. The number of fused-ring (bicyclic) bond motifs is 1. The SMILES string of the molecule is CC(C)(C)[Si](C)(C)O[C@H]1C[C@H](n2cnc3c(N)nc(F)nc32)O[C@]1(CO)CO[Si](c1ccccc1)(c1ccccc1)C(C)(C)C. The maximum absolute atomic E-state index is 14.3. The first-order valence-electron chi connectivity index (χ1n) is 15.4. The van der Waals surface area contributed by atoms with Crippen LogP contribution in [0.15, 0.2) is 67.0 Å². The molecule has 12 heteroatoms. The highest BCUT2D eigenvalue weighted by Gasteiger charge is 2.57. The van der Waals surface area contributed by atoms with Gasteiger partial charge in [-0.2, -0.15) is 14.4 Å². The maximum Gasteiger partial charge on any atom is 0.312 e. The summed E-state index contributed by atoms with van der Waals surface area (Å²) in [6.07, 6.45) is -0.257. The molecule has 1 saturated heterocycles. The number of benzene rings is 2. The quantitative estimate of drug-likeness (QED) is 0.188. The van der Waals surface area contributed by atoms with Gasteiger partial charge >= 0.3 is 6.08 Å². The van der Waals surface area contributed by atoms with Crippen LogP contribution in [-0.2, 0) is 13.6 Å². The third-order valence-corrected chi connectivity index (χ3v) is 19.0. The Kier molecular flexibility index (Phi) is 8.88. The zero-order chi connectivity index (χ0) is 32.8. The summed E-state index contributed by atoms with van der Waals surface area (Å²) in [7, 11) is -5.36. The van der Waals surface area contributed by atoms with Crippen LogP contribution in [0.25, 0.3) is 11.2 Å². The lowest BCUT2D eigenvalue weighted by Gasteiger charge is -2.46. The minimum atomic E-state index is -2.99. The number of aromatic nitrogens is 4. The Balaban J connectivity index is 1.62. The zero-order valence-electron chi connectivity index (χ0n) is 27.5. The molecule has 1 fully saturated rings. The number of hydrogen-bond donors (Lipinski definition) is 2. The van der Waals surface area contributed by atoms with Crippen molar-refractivity contribution in [2.45, 2.75) is 89.1 Å². The molecule has 9 nitrogen and oxygen atoms in total. The van der Waals surface area contributed by atoms with Gasteiger partial charge in [-0.3, -0.25) is 4.57 Å². The van der Waals surface area contributed by atoms with Gasteiger partial charge in [-0.1, -0.05) is 102 Å². The summed E-state index contributed by atoms with van der Waals surface area (Å²) in [6, 6.07) is 20.7. The fourth-order valence-electron chi connectivity index (χ4n) is 6.08. The van der Waals surface area contributed by atoms with E-state index in [-0.39, 0.29) is 40.3 Å².